The Kier molecular flexibility index (Phi) is 2.94. The molecule has 1 aromatic rings. The first-order valence-electron chi connectivity index (χ1n) is 3.95. The summed E-state index contributed by atoms with van der Waals surface area (Å²) in [6, 6.07) is 4.63. The van der Waals surface area contributed by atoms with Gasteiger partial charge in [0.25, 0.3) is 10.1 Å². The van der Waals surface area contributed by atoms with E-state index in [9.17, 15) is 8.42 Å². The summed E-state index contributed by atoms with van der Waals surface area (Å²) in [5.74, 6) is 2.35. The molecule has 0 saturated heterocycles. The van der Waals surface area contributed by atoms with Gasteiger partial charge >= 0.3 is 0 Å². The molecule has 1 aromatic carbocycles. The molecular weight excluding hydrogens is 200 g/mol. The van der Waals surface area contributed by atoms with Gasteiger partial charge in [0.05, 0.1) is 4.90 Å². The highest BCUT2D eigenvalue weighted by atomic mass is 32.2. The maximum atomic E-state index is 10.9. The molecule has 0 atom stereocenters. The van der Waals surface area contributed by atoms with Crippen LogP contribution in [0, 0.1) is 19.3 Å². The summed E-state index contributed by atoms with van der Waals surface area (Å²) in [7, 11) is -4.17. The van der Waals surface area contributed by atoms with Gasteiger partial charge in [-0.25, -0.2) is 0 Å². The maximum Gasteiger partial charge on any atom is 0.294 e. The Morgan fingerprint density at radius 2 is 2.14 bits per heavy atom. The molecule has 0 radical (unpaired) electrons. The third-order valence-corrected chi connectivity index (χ3v) is 2.74. The number of hydrogen-bond acceptors (Lipinski definition) is 2. The molecule has 0 heterocycles. The van der Waals surface area contributed by atoms with Gasteiger partial charge in [-0.3, -0.25) is 4.55 Å². The highest BCUT2D eigenvalue weighted by Crippen LogP contribution is 2.17. The topological polar surface area (TPSA) is 54.4 Å². The lowest BCUT2D eigenvalue weighted by Gasteiger charge is -2.04. The molecule has 74 valence electrons. The summed E-state index contributed by atoms with van der Waals surface area (Å²) in [4.78, 5) is -0.110. The molecule has 0 unspecified atom stereocenters. The Morgan fingerprint density at radius 3 is 2.64 bits per heavy atom. The standard InChI is InChI=1S/C10H10O3S/c1-3-4-9-7-8(2)5-6-10(9)14(11,12)13/h1,5-7H,4H2,2H3,(H,11,12,13). The smallest absolute Gasteiger partial charge is 0.282 e. The van der Waals surface area contributed by atoms with E-state index in [1.54, 1.807) is 12.1 Å². The second kappa shape index (κ2) is 3.82. The van der Waals surface area contributed by atoms with Gasteiger partial charge in [0.1, 0.15) is 0 Å². The average Bonchev–Trinajstić information content (AvgIpc) is 2.02. The van der Waals surface area contributed by atoms with E-state index in [1.165, 1.54) is 6.07 Å². The van der Waals surface area contributed by atoms with Crippen molar-refractivity contribution in [2.45, 2.75) is 18.2 Å². The second-order valence-corrected chi connectivity index (χ2v) is 4.36. The molecule has 0 bridgehead atoms. The van der Waals surface area contributed by atoms with Crippen LogP contribution in [0.3, 0.4) is 0 Å². The number of benzene rings is 1. The summed E-state index contributed by atoms with van der Waals surface area (Å²) >= 11 is 0. The van der Waals surface area contributed by atoms with E-state index < -0.39 is 10.1 Å². The van der Waals surface area contributed by atoms with Crippen molar-refractivity contribution in [3.05, 3.63) is 29.3 Å². The SMILES string of the molecule is C#CCc1cc(C)ccc1S(=O)(=O)O. The molecule has 14 heavy (non-hydrogen) atoms. The second-order valence-electron chi connectivity index (χ2n) is 2.97. The van der Waals surface area contributed by atoms with Crippen molar-refractivity contribution >= 4 is 10.1 Å². The van der Waals surface area contributed by atoms with Crippen LogP contribution in [0.5, 0.6) is 0 Å². The van der Waals surface area contributed by atoms with E-state index >= 15 is 0 Å². The molecule has 0 saturated carbocycles. The van der Waals surface area contributed by atoms with E-state index in [4.69, 9.17) is 11.0 Å². The van der Waals surface area contributed by atoms with Crippen LogP contribution in [0.25, 0.3) is 0 Å². The van der Waals surface area contributed by atoms with Crippen LogP contribution in [0.1, 0.15) is 11.1 Å². The predicted molar refractivity (Wildman–Crippen MR) is 53.5 cm³/mol. The summed E-state index contributed by atoms with van der Waals surface area (Å²) < 4.78 is 30.7. The lowest BCUT2D eigenvalue weighted by atomic mass is 10.1. The van der Waals surface area contributed by atoms with E-state index in [-0.39, 0.29) is 11.3 Å². The Hall–Kier alpha value is -1.31. The normalized spacial score (nSPS) is 10.9. The fraction of sp³-hybridized carbons (Fsp3) is 0.200. The Balaban J connectivity index is 3.38. The van der Waals surface area contributed by atoms with Crippen molar-refractivity contribution in [3.8, 4) is 12.3 Å². The summed E-state index contributed by atoms with van der Waals surface area (Å²) in [5, 5.41) is 0. The van der Waals surface area contributed by atoms with Crippen molar-refractivity contribution < 1.29 is 13.0 Å². The first-order chi connectivity index (χ1) is 6.45. The van der Waals surface area contributed by atoms with Gasteiger partial charge in [-0.15, -0.1) is 12.3 Å². The van der Waals surface area contributed by atoms with Gasteiger partial charge in [-0.1, -0.05) is 17.7 Å². The third kappa shape index (κ3) is 2.34. The van der Waals surface area contributed by atoms with E-state index in [0.717, 1.165) is 5.56 Å². The fourth-order valence-corrected chi connectivity index (χ4v) is 1.91. The molecule has 0 amide bonds. The minimum absolute atomic E-state index is 0.110. The molecule has 0 fully saturated rings. The van der Waals surface area contributed by atoms with Crippen molar-refractivity contribution in [1.29, 1.82) is 0 Å². The van der Waals surface area contributed by atoms with Crippen molar-refractivity contribution in [1.82, 2.24) is 0 Å². The highest BCUT2D eigenvalue weighted by molar-refractivity contribution is 7.85. The van der Waals surface area contributed by atoms with Crippen molar-refractivity contribution in [2.24, 2.45) is 0 Å². The monoisotopic (exact) mass is 210 g/mol. The Labute approximate surface area is 83.5 Å². The first-order valence-corrected chi connectivity index (χ1v) is 5.39. The van der Waals surface area contributed by atoms with Gasteiger partial charge in [-0.05, 0) is 18.6 Å². The van der Waals surface area contributed by atoms with Crippen molar-refractivity contribution in [3.63, 3.8) is 0 Å². The highest BCUT2D eigenvalue weighted by Gasteiger charge is 2.14. The Bertz CT molecular complexity index is 481. The lowest BCUT2D eigenvalue weighted by molar-refractivity contribution is 0.482. The van der Waals surface area contributed by atoms with E-state index in [2.05, 4.69) is 5.92 Å². The summed E-state index contributed by atoms with van der Waals surface area (Å²) in [6.07, 6.45) is 5.29. The van der Waals surface area contributed by atoms with E-state index in [1.807, 2.05) is 6.92 Å². The zero-order valence-electron chi connectivity index (χ0n) is 7.69. The van der Waals surface area contributed by atoms with Crippen molar-refractivity contribution in [2.75, 3.05) is 0 Å². The minimum atomic E-state index is -4.17. The molecule has 1 rings (SSSR count). The van der Waals surface area contributed by atoms with Gasteiger partial charge in [-0.2, -0.15) is 8.42 Å². The molecule has 1 N–H and O–H groups in total. The maximum absolute atomic E-state index is 10.9. The molecule has 0 aliphatic carbocycles. The minimum Gasteiger partial charge on any atom is -0.282 e. The zero-order chi connectivity index (χ0) is 10.8. The molecule has 0 aliphatic heterocycles. The molecule has 4 heteroatoms. The molecule has 3 nitrogen and oxygen atoms in total. The average molecular weight is 210 g/mol. The number of hydrogen-bond donors (Lipinski definition) is 1. The summed E-state index contributed by atoms with van der Waals surface area (Å²) in [5.41, 5.74) is 1.36. The third-order valence-electron chi connectivity index (χ3n) is 1.79. The fourth-order valence-electron chi connectivity index (χ4n) is 1.21. The molecular formula is C10H10O3S. The van der Waals surface area contributed by atoms with Crippen LogP contribution in [0.2, 0.25) is 0 Å². The van der Waals surface area contributed by atoms with Crippen LogP contribution in [-0.4, -0.2) is 13.0 Å². The van der Waals surface area contributed by atoms with Gasteiger partial charge < -0.3 is 0 Å². The Morgan fingerprint density at radius 1 is 1.50 bits per heavy atom. The molecule has 0 aliphatic rings. The quantitative estimate of drug-likeness (QED) is 0.593. The first kappa shape index (κ1) is 10.8. The zero-order valence-corrected chi connectivity index (χ0v) is 8.50. The number of aryl methyl sites for hydroxylation is 1. The number of rotatable bonds is 2. The van der Waals surface area contributed by atoms with Gasteiger partial charge in [0, 0.05) is 6.42 Å². The van der Waals surface area contributed by atoms with Gasteiger partial charge in [0.2, 0.25) is 0 Å². The molecule has 0 spiro atoms. The van der Waals surface area contributed by atoms with Crippen LogP contribution in [-0.2, 0) is 16.5 Å². The van der Waals surface area contributed by atoms with E-state index in [0.29, 0.717) is 5.56 Å². The lowest BCUT2D eigenvalue weighted by Crippen LogP contribution is -2.03. The molecule has 0 aromatic heterocycles. The summed E-state index contributed by atoms with van der Waals surface area (Å²) in [6.45, 7) is 1.83. The van der Waals surface area contributed by atoms with Gasteiger partial charge in [0.15, 0.2) is 0 Å². The number of terminal acetylenes is 1. The van der Waals surface area contributed by atoms with Crippen LogP contribution in [0.4, 0.5) is 0 Å². The largest absolute Gasteiger partial charge is 0.294 e. The van der Waals surface area contributed by atoms with Crippen LogP contribution < -0.4 is 0 Å². The van der Waals surface area contributed by atoms with Crippen LogP contribution >= 0.6 is 0 Å². The predicted octanol–water partition coefficient (Wildman–Crippen LogP) is 1.42. The van der Waals surface area contributed by atoms with Crippen LogP contribution in [0.15, 0.2) is 23.1 Å².